The zero-order chi connectivity index (χ0) is 10.7. The van der Waals surface area contributed by atoms with E-state index in [2.05, 4.69) is 10.3 Å². The molecule has 1 amide bonds. The number of amides is 1. The van der Waals surface area contributed by atoms with Gasteiger partial charge in [0.1, 0.15) is 5.69 Å². The molecule has 0 radical (unpaired) electrons. The van der Waals surface area contributed by atoms with E-state index >= 15 is 0 Å². The molecule has 0 saturated carbocycles. The smallest absolute Gasteiger partial charge is 0.270 e. The summed E-state index contributed by atoms with van der Waals surface area (Å²) in [5.41, 5.74) is 0.438. The zero-order valence-corrected chi connectivity index (χ0v) is 9.00. The van der Waals surface area contributed by atoms with Crippen LogP contribution in [0.25, 0.3) is 10.8 Å². The first-order valence-corrected chi connectivity index (χ1v) is 5.47. The highest BCUT2D eigenvalue weighted by Crippen LogP contribution is 2.23. The van der Waals surface area contributed by atoms with Crippen LogP contribution in [0.4, 0.5) is 0 Å². The largest absolute Gasteiger partial charge is 0.462 e. The number of nitrogens with zero attached hydrogens (tertiary/aromatic N) is 1. The molecule has 0 unspecified atom stereocenters. The minimum Gasteiger partial charge on any atom is -0.462 e. The summed E-state index contributed by atoms with van der Waals surface area (Å²) < 4.78 is 5.19. The van der Waals surface area contributed by atoms with Crippen molar-refractivity contribution in [2.45, 2.75) is 6.92 Å². The van der Waals surface area contributed by atoms with Crippen LogP contribution in [-0.2, 0) is 0 Å². The summed E-state index contributed by atoms with van der Waals surface area (Å²) in [6, 6.07) is 3.61. The van der Waals surface area contributed by atoms with Crippen LogP contribution in [0.2, 0.25) is 0 Å². The summed E-state index contributed by atoms with van der Waals surface area (Å²) in [4.78, 5) is 15.6. The Bertz CT molecular complexity index is 448. The number of furan rings is 1. The lowest BCUT2D eigenvalue weighted by Crippen LogP contribution is -2.22. The van der Waals surface area contributed by atoms with E-state index in [0.717, 1.165) is 5.01 Å². The lowest BCUT2D eigenvalue weighted by molar-refractivity contribution is 0.0951. The Morgan fingerprint density at radius 3 is 3.20 bits per heavy atom. The quantitative estimate of drug-likeness (QED) is 0.865. The van der Waals surface area contributed by atoms with Crippen LogP contribution in [0.1, 0.15) is 17.4 Å². The topological polar surface area (TPSA) is 55.1 Å². The van der Waals surface area contributed by atoms with Crippen LogP contribution < -0.4 is 5.32 Å². The van der Waals surface area contributed by atoms with Gasteiger partial charge >= 0.3 is 0 Å². The van der Waals surface area contributed by atoms with Gasteiger partial charge in [-0.15, -0.1) is 11.3 Å². The summed E-state index contributed by atoms with van der Waals surface area (Å²) in [5, 5.41) is 5.14. The number of nitrogens with one attached hydrogen (secondary N) is 1. The van der Waals surface area contributed by atoms with Crippen LogP contribution >= 0.6 is 11.3 Å². The number of carbonyl (C=O) groups is 1. The third-order valence-electron chi connectivity index (χ3n) is 1.81. The lowest BCUT2D eigenvalue weighted by Gasteiger charge is -1.95. The van der Waals surface area contributed by atoms with Gasteiger partial charge in [-0.3, -0.25) is 4.79 Å². The van der Waals surface area contributed by atoms with Crippen LogP contribution in [0.5, 0.6) is 0 Å². The summed E-state index contributed by atoms with van der Waals surface area (Å²) >= 11 is 1.40. The average Bonchev–Trinajstić information content (AvgIpc) is 2.89. The number of thiazole rings is 1. The zero-order valence-electron chi connectivity index (χ0n) is 8.19. The summed E-state index contributed by atoms with van der Waals surface area (Å²) in [7, 11) is 0. The molecule has 0 bridgehead atoms. The van der Waals surface area contributed by atoms with Crippen LogP contribution in [0.15, 0.2) is 28.2 Å². The molecule has 2 heterocycles. The number of hydrogen-bond donors (Lipinski definition) is 1. The maximum Gasteiger partial charge on any atom is 0.270 e. The highest BCUT2D eigenvalue weighted by Gasteiger charge is 2.11. The van der Waals surface area contributed by atoms with E-state index in [0.29, 0.717) is 18.0 Å². The van der Waals surface area contributed by atoms with Crippen molar-refractivity contribution in [3.63, 3.8) is 0 Å². The highest BCUT2D eigenvalue weighted by molar-refractivity contribution is 7.13. The van der Waals surface area contributed by atoms with E-state index in [1.165, 1.54) is 11.3 Å². The molecule has 0 fully saturated rings. The third kappa shape index (κ3) is 2.07. The molecule has 0 aliphatic rings. The lowest BCUT2D eigenvalue weighted by atomic mass is 10.4. The van der Waals surface area contributed by atoms with Crippen LogP contribution in [0.3, 0.4) is 0 Å². The van der Waals surface area contributed by atoms with Gasteiger partial charge < -0.3 is 9.73 Å². The van der Waals surface area contributed by atoms with E-state index in [1.54, 1.807) is 17.7 Å². The van der Waals surface area contributed by atoms with E-state index in [9.17, 15) is 4.79 Å². The molecule has 4 nitrogen and oxygen atoms in total. The number of rotatable bonds is 3. The average molecular weight is 222 g/mol. The molecule has 0 saturated heterocycles. The molecule has 0 aliphatic carbocycles. The van der Waals surface area contributed by atoms with Crippen molar-refractivity contribution < 1.29 is 9.21 Å². The van der Waals surface area contributed by atoms with Crippen molar-refractivity contribution in [2.75, 3.05) is 6.54 Å². The van der Waals surface area contributed by atoms with Crippen molar-refractivity contribution in [1.82, 2.24) is 10.3 Å². The highest BCUT2D eigenvalue weighted by atomic mass is 32.1. The van der Waals surface area contributed by atoms with Crippen molar-refractivity contribution in [2.24, 2.45) is 0 Å². The molecule has 0 aromatic carbocycles. The maximum absolute atomic E-state index is 11.4. The molecule has 2 aromatic heterocycles. The Labute approximate surface area is 90.9 Å². The molecule has 1 N–H and O–H groups in total. The Kier molecular flexibility index (Phi) is 2.82. The Morgan fingerprint density at radius 1 is 1.67 bits per heavy atom. The van der Waals surface area contributed by atoms with Gasteiger partial charge in [0.2, 0.25) is 0 Å². The number of aromatic nitrogens is 1. The standard InChI is InChI=1S/C10H10N2O2S/c1-2-11-9(13)7-6-15-10(12-7)8-4-3-5-14-8/h3-6H,2H2,1H3,(H,11,13). The summed E-state index contributed by atoms with van der Waals surface area (Å²) in [5.74, 6) is 0.544. The fourth-order valence-corrected chi connectivity index (χ4v) is 1.91. The van der Waals surface area contributed by atoms with Gasteiger partial charge in [-0.2, -0.15) is 0 Å². The van der Waals surface area contributed by atoms with Gasteiger partial charge in [0.15, 0.2) is 10.8 Å². The second kappa shape index (κ2) is 4.27. The molecule has 0 spiro atoms. The van der Waals surface area contributed by atoms with Gasteiger partial charge in [-0.1, -0.05) is 0 Å². The molecule has 15 heavy (non-hydrogen) atoms. The molecular formula is C10H10N2O2S. The monoisotopic (exact) mass is 222 g/mol. The van der Waals surface area contributed by atoms with Crippen molar-refractivity contribution in [1.29, 1.82) is 0 Å². The Morgan fingerprint density at radius 2 is 2.53 bits per heavy atom. The fraction of sp³-hybridized carbons (Fsp3) is 0.200. The van der Waals surface area contributed by atoms with Crippen LogP contribution in [-0.4, -0.2) is 17.4 Å². The first kappa shape index (κ1) is 9.92. The van der Waals surface area contributed by atoms with Crippen molar-refractivity contribution in [3.8, 4) is 10.8 Å². The summed E-state index contributed by atoms with van der Waals surface area (Å²) in [6.45, 7) is 2.48. The second-order valence-corrected chi connectivity index (χ2v) is 3.73. The van der Waals surface area contributed by atoms with Crippen molar-refractivity contribution >= 4 is 17.2 Å². The predicted octanol–water partition coefficient (Wildman–Crippen LogP) is 2.15. The van der Waals surface area contributed by atoms with Gasteiger partial charge in [-0.05, 0) is 19.1 Å². The van der Waals surface area contributed by atoms with E-state index < -0.39 is 0 Å². The summed E-state index contributed by atoms with van der Waals surface area (Å²) in [6.07, 6.45) is 1.59. The van der Waals surface area contributed by atoms with E-state index in [-0.39, 0.29) is 5.91 Å². The van der Waals surface area contributed by atoms with Crippen molar-refractivity contribution in [3.05, 3.63) is 29.5 Å². The SMILES string of the molecule is CCNC(=O)c1csc(-c2ccco2)n1. The Balaban J connectivity index is 2.21. The van der Waals surface area contributed by atoms with Crippen LogP contribution in [0, 0.1) is 0 Å². The Hall–Kier alpha value is -1.62. The molecule has 2 aromatic rings. The van der Waals surface area contributed by atoms with E-state index in [4.69, 9.17) is 4.42 Å². The number of hydrogen-bond acceptors (Lipinski definition) is 4. The molecule has 2 rings (SSSR count). The maximum atomic E-state index is 11.4. The minimum absolute atomic E-state index is 0.147. The normalized spacial score (nSPS) is 10.2. The third-order valence-corrected chi connectivity index (χ3v) is 2.66. The second-order valence-electron chi connectivity index (χ2n) is 2.87. The van der Waals surface area contributed by atoms with Gasteiger partial charge in [0.05, 0.1) is 6.26 Å². The van der Waals surface area contributed by atoms with Gasteiger partial charge in [-0.25, -0.2) is 4.98 Å². The molecule has 78 valence electrons. The molecular weight excluding hydrogens is 212 g/mol. The van der Waals surface area contributed by atoms with Gasteiger partial charge in [0, 0.05) is 11.9 Å². The molecule has 0 atom stereocenters. The predicted molar refractivity (Wildman–Crippen MR) is 57.8 cm³/mol. The minimum atomic E-state index is -0.147. The fourth-order valence-electron chi connectivity index (χ4n) is 1.14. The molecule has 5 heteroatoms. The molecule has 0 aliphatic heterocycles. The van der Waals surface area contributed by atoms with E-state index in [1.807, 2.05) is 13.0 Å². The first-order valence-electron chi connectivity index (χ1n) is 4.59. The number of carbonyl (C=O) groups excluding carboxylic acids is 1. The van der Waals surface area contributed by atoms with Gasteiger partial charge in [0.25, 0.3) is 5.91 Å². The first-order chi connectivity index (χ1) is 7.31.